The molecule has 0 heterocycles. The Hall–Kier alpha value is -2.19. The summed E-state index contributed by atoms with van der Waals surface area (Å²) in [6.45, 7) is 1.20. The number of anilines is 1. The predicted octanol–water partition coefficient (Wildman–Crippen LogP) is 3.57. The van der Waals surface area contributed by atoms with Gasteiger partial charge >= 0.3 is 12.1 Å². The number of benzene rings is 1. The van der Waals surface area contributed by atoms with Gasteiger partial charge in [0.15, 0.2) is 0 Å². The van der Waals surface area contributed by atoms with Gasteiger partial charge in [0.2, 0.25) is 5.91 Å². The fourth-order valence-electron chi connectivity index (χ4n) is 1.61. The van der Waals surface area contributed by atoms with Gasteiger partial charge in [-0.3, -0.25) is 10.2 Å². The molecule has 0 bridgehead atoms. The van der Waals surface area contributed by atoms with Crippen LogP contribution in [-0.4, -0.2) is 30.3 Å². The van der Waals surface area contributed by atoms with Gasteiger partial charge in [-0.25, -0.2) is 0 Å². The molecule has 4 nitrogen and oxygen atoms in total. The van der Waals surface area contributed by atoms with E-state index in [9.17, 15) is 26.7 Å². The van der Waals surface area contributed by atoms with Crippen molar-refractivity contribution < 1.29 is 26.7 Å². The number of hydrogen-bond donors (Lipinski definition) is 2. The number of nitrogens with one attached hydrogen (secondary N) is 2. The lowest BCUT2D eigenvalue weighted by Crippen LogP contribution is -2.44. The maximum Gasteiger partial charge on any atom is 0.459 e. The van der Waals surface area contributed by atoms with E-state index < -0.39 is 30.1 Å². The second-order valence-electron chi connectivity index (χ2n) is 4.69. The molecule has 0 radical (unpaired) electrons. The number of halogens is 5. The second kappa shape index (κ2) is 7.89. The highest BCUT2D eigenvalue weighted by atomic mass is 19.4. The van der Waals surface area contributed by atoms with E-state index in [0.29, 0.717) is 0 Å². The smallest absolute Gasteiger partial charge is 0.356 e. The van der Waals surface area contributed by atoms with E-state index in [1.807, 2.05) is 0 Å². The number of carbonyl (C=O) groups excluding carboxylic acids is 1. The quantitative estimate of drug-likeness (QED) is 0.346. The van der Waals surface area contributed by atoms with E-state index in [4.69, 9.17) is 0 Å². The Morgan fingerprint density at radius 2 is 1.74 bits per heavy atom. The molecule has 2 N–H and O–H groups in total. The normalized spacial score (nSPS) is 12.9. The Labute approximate surface area is 129 Å². The molecule has 9 heteroatoms. The van der Waals surface area contributed by atoms with Crippen molar-refractivity contribution in [3.05, 3.63) is 30.3 Å². The molecule has 1 amide bonds. The molecule has 0 aliphatic heterocycles. The van der Waals surface area contributed by atoms with Crippen molar-refractivity contribution in [1.29, 1.82) is 0 Å². The first kappa shape index (κ1) is 18.9. The number of hydrogen-bond acceptors (Lipinski definition) is 3. The van der Waals surface area contributed by atoms with Crippen molar-refractivity contribution in [1.82, 2.24) is 5.32 Å². The molecule has 0 atom stereocenters. The molecule has 128 valence electrons. The monoisotopic (exact) mass is 337 g/mol. The van der Waals surface area contributed by atoms with Gasteiger partial charge in [0.1, 0.15) is 5.71 Å². The van der Waals surface area contributed by atoms with Gasteiger partial charge in [-0.1, -0.05) is 18.2 Å². The molecule has 1 aromatic rings. The zero-order valence-electron chi connectivity index (χ0n) is 12.3. The zero-order valence-corrected chi connectivity index (χ0v) is 12.3. The van der Waals surface area contributed by atoms with Gasteiger partial charge in [-0.15, -0.1) is 0 Å². The van der Waals surface area contributed by atoms with Crippen molar-refractivity contribution in [3.63, 3.8) is 0 Å². The molecule has 23 heavy (non-hydrogen) atoms. The van der Waals surface area contributed by atoms with E-state index >= 15 is 0 Å². The Morgan fingerprint density at radius 1 is 1.13 bits per heavy atom. The van der Waals surface area contributed by atoms with Crippen LogP contribution in [0.1, 0.15) is 19.8 Å². The SMILES string of the molecule is CC(=O)NCCC/C(=N/Nc1ccccc1)C(F)(F)C(F)(F)F. The standard InChI is InChI=1S/C14H16F5N3O/c1-10(23)20-9-5-8-12(13(15,16)14(17,18)19)22-21-11-6-3-2-4-7-11/h2-4,6-7,21H,5,8-9H2,1H3,(H,20,23)/b22-12-. The summed E-state index contributed by atoms with van der Waals surface area (Å²) in [5.74, 6) is -5.45. The summed E-state index contributed by atoms with van der Waals surface area (Å²) in [6.07, 6.45) is -6.45. The highest BCUT2D eigenvalue weighted by molar-refractivity contribution is 5.92. The minimum Gasteiger partial charge on any atom is -0.356 e. The summed E-state index contributed by atoms with van der Waals surface area (Å²) >= 11 is 0. The minimum atomic E-state index is -5.74. The first-order valence-corrected chi connectivity index (χ1v) is 6.71. The number of nitrogens with zero attached hydrogens (tertiary/aromatic N) is 1. The molecular weight excluding hydrogens is 321 g/mol. The fraction of sp³-hybridized carbons (Fsp3) is 0.429. The van der Waals surface area contributed by atoms with Crippen LogP contribution in [0.15, 0.2) is 35.4 Å². The second-order valence-corrected chi connectivity index (χ2v) is 4.69. The van der Waals surface area contributed by atoms with Crippen LogP contribution in [0.2, 0.25) is 0 Å². The number of amides is 1. The van der Waals surface area contributed by atoms with E-state index in [0.717, 1.165) is 0 Å². The summed E-state index contributed by atoms with van der Waals surface area (Å²) in [7, 11) is 0. The summed E-state index contributed by atoms with van der Waals surface area (Å²) in [6, 6.07) is 7.77. The maximum atomic E-state index is 13.5. The van der Waals surface area contributed by atoms with Crippen molar-refractivity contribution in [2.75, 3.05) is 12.0 Å². The molecule has 0 aromatic heterocycles. The lowest BCUT2D eigenvalue weighted by molar-refractivity contribution is -0.249. The summed E-state index contributed by atoms with van der Waals surface area (Å²) < 4.78 is 64.6. The average molecular weight is 337 g/mol. The lowest BCUT2D eigenvalue weighted by atomic mass is 10.1. The van der Waals surface area contributed by atoms with E-state index in [1.165, 1.54) is 19.1 Å². The number of hydrazone groups is 1. The Balaban J connectivity index is 2.85. The van der Waals surface area contributed by atoms with Crippen LogP contribution in [0.3, 0.4) is 0 Å². The van der Waals surface area contributed by atoms with Crippen LogP contribution in [0, 0.1) is 0 Å². The van der Waals surface area contributed by atoms with Gasteiger partial charge in [0.25, 0.3) is 0 Å². The Bertz CT molecular complexity index is 543. The molecule has 0 aliphatic rings. The topological polar surface area (TPSA) is 53.5 Å². The molecule has 0 saturated carbocycles. The molecule has 0 spiro atoms. The number of rotatable bonds is 7. The first-order valence-electron chi connectivity index (χ1n) is 6.71. The van der Waals surface area contributed by atoms with Crippen LogP contribution in [0.25, 0.3) is 0 Å². The summed E-state index contributed by atoms with van der Waals surface area (Å²) in [4.78, 5) is 10.7. The van der Waals surface area contributed by atoms with Crippen molar-refractivity contribution in [2.24, 2.45) is 5.10 Å². The number of alkyl halides is 5. The molecule has 0 fully saturated rings. The molecule has 0 unspecified atom stereocenters. The van der Waals surface area contributed by atoms with Crippen LogP contribution < -0.4 is 10.7 Å². The van der Waals surface area contributed by atoms with Crippen LogP contribution >= 0.6 is 0 Å². The van der Waals surface area contributed by atoms with Crippen LogP contribution in [0.4, 0.5) is 27.6 Å². The van der Waals surface area contributed by atoms with Gasteiger partial charge < -0.3 is 5.32 Å². The van der Waals surface area contributed by atoms with Crippen LogP contribution in [0.5, 0.6) is 0 Å². The molecule has 1 aromatic carbocycles. The maximum absolute atomic E-state index is 13.5. The zero-order chi connectivity index (χ0) is 17.5. The van der Waals surface area contributed by atoms with E-state index in [1.54, 1.807) is 18.2 Å². The molecule has 0 aliphatic carbocycles. The lowest BCUT2D eigenvalue weighted by Gasteiger charge is -2.21. The van der Waals surface area contributed by atoms with Gasteiger partial charge in [0, 0.05) is 13.5 Å². The van der Waals surface area contributed by atoms with Crippen LogP contribution in [-0.2, 0) is 4.79 Å². The minimum absolute atomic E-state index is 0.0202. The number of para-hydroxylation sites is 1. The average Bonchev–Trinajstić information content (AvgIpc) is 2.45. The number of carbonyl (C=O) groups is 1. The van der Waals surface area contributed by atoms with Crippen molar-refractivity contribution >= 4 is 17.3 Å². The third-order valence-corrected chi connectivity index (χ3v) is 2.78. The largest absolute Gasteiger partial charge is 0.459 e. The summed E-state index contributed by atoms with van der Waals surface area (Å²) in [5, 5.41) is 5.56. The van der Waals surface area contributed by atoms with Gasteiger partial charge in [-0.2, -0.15) is 27.1 Å². The van der Waals surface area contributed by atoms with Gasteiger partial charge in [-0.05, 0) is 25.0 Å². The van der Waals surface area contributed by atoms with Crippen molar-refractivity contribution in [2.45, 2.75) is 31.9 Å². The molecule has 0 saturated heterocycles. The fourth-order valence-corrected chi connectivity index (χ4v) is 1.61. The van der Waals surface area contributed by atoms with Gasteiger partial charge in [0.05, 0.1) is 5.69 Å². The molecule has 1 rings (SSSR count). The Morgan fingerprint density at radius 3 is 2.26 bits per heavy atom. The molecular formula is C14H16F5N3O. The van der Waals surface area contributed by atoms with Crippen molar-refractivity contribution in [3.8, 4) is 0 Å². The predicted molar refractivity (Wildman–Crippen MR) is 76.4 cm³/mol. The van der Waals surface area contributed by atoms with E-state index in [-0.39, 0.29) is 18.7 Å². The third kappa shape index (κ3) is 5.84. The third-order valence-electron chi connectivity index (χ3n) is 2.78. The Kier molecular flexibility index (Phi) is 6.47. The summed E-state index contributed by atoms with van der Waals surface area (Å²) in [5.41, 5.74) is 1.14. The van der Waals surface area contributed by atoms with E-state index in [2.05, 4.69) is 15.8 Å². The highest BCUT2D eigenvalue weighted by Gasteiger charge is 2.60. The highest BCUT2D eigenvalue weighted by Crippen LogP contribution is 2.37. The first-order chi connectivity index (χ1) is 10.6.